The lowest BCUT2D eigenvalue weighted by atomic mass is 10.2. The number of rotatable bonds is 2. The molecule has 0 aromatic heterocycles. The minimum absolute atomic E-state index is 0.627. The van der Waals surface area contributed by atoms with Gasteiger partial charge in [0.1, 0.15) is 0 Å². The summed E-state index contributed by atoms with van der Waals surface area (Å²) in [7, 11) is 0. The fraction of sp³-hybridized carbons (Fsp3) is 0.222. The summed E-state index contributed by atoms with van der Waals surface area (Å²) in [4.78, 5) is 1.24. The van der Waals surface area contributed by atoms with Gasteiger partial charge >= 0.3 is 0 Å². The first kappa shape index (κ1) is 9.68. The van der Waals surface area contributed by atoms with Gasteiger partial charge in [-0.25, -0.2) is 0 Å². The van der Waals surface area contributed by atoms with Gasteiger partial charge in [-0.05, 0) is 24.6 Å². The Morgan fingerprint density at radius 1 is 1.17 bits per heavy atom. The first-order valence-corrected chi connectivity index (χ1v) is 6.00. The first-order valence-electron chi connectivity index (χ1n) is 3.55. The standard InChI is InChI=1S/C9H11NS2/c1-11-8-5-3-7(4-6-8)9(10)12-2/h3-6,10H,1-2H3. The topological polar surface area (TPSA) is 23.9 Å². The molecule has 0 aliphatic rings. The van der Waals surface area contributed by atoms with E-state index in [1.165, 1.54) is 16.7 Å². The first-order chi connectivity index (χ1) is 5.77. The van der Waals surface area contributed by atoms with Crippen molar-refractivity contribution in [1.29, 1.82) is 5.41 Å². The van der Waals surface area contributed by atoms with Crippen molar-refractivity contribution in [3.05, 3.63) is 29.8 Å². The monoisotopic (exact) mass is 197 g/mol. The molecule has 3 heteroatoms. The van der Waals surface area contributed by atoms with E-state index in [1.807, 2.05) is 30.5 Å². The minimum atomic E-state index is 0.627. The van der Waals surface area contributed by atoms with E-state index < -0.39 is 0 Å². The normalized spacial score (nSPS) is 9.83. The Hall–Kier alpha value is -0.410. The molecule has 0 saturated carbocycles. The van der Waals surface area contributed by atoms with Gasteiger partial charge in [-0.15, -0.1) is 23.5 Å². The van der Waals surface area contributed by atoms with Crippen LogP contribution in [0.2, 0.25) is 0 Å². The lowest BCUT2D eigenvalue weighted by Crippen LogP contribution is -1.90. The summed E-state index contributed by atoms with van der Waals surface area (Å²) in [6.07, 6.45) is 3.97. The third kappa shape index (κ3) is 2.29. The van der Waals surface area contributed by atoms with Gasteiger partial charge in [0, 0.05) is 10.5 Å². The second-order valence-electron chi connectivity index (χ2n) is 2.26. The lowest BCUT2D eigenvalue weighted by molar-refractivity contribution is 1.44. The molecule has 0 saturated heterocycles. The Morgan fingerprint density at radius 3 is 2.17 bits per heavy atom. The molecule has 0 fully saturated rings. The summed E-state index contributed by atoms with van der Waals surface area (Å²) < 4.78 is 0. The van der Waals surface area contributed by atoms with Crippen LogP contribution in [0.15, 0.2) is 29.2 Å². The average molecular weight is 197 g/mol. The maximum absolute atomic E-state index is 7.56. The van der Waals surface area contributed by atoms with E-state index in [2.05, 4.69) is 6.26 Å². The van der Waals surface area contributed by atoms with Gasteiger partial charge in [-0.3, -0.25) is 5.41 Å². The number of nitrogens with one attached hydrogen (secondary N) is 1. The maximum atomic E-state index is 7.56. The molecule has 1 N–H and O–H groups in total. The largest absolute Gasteiger partial charge is 0.293 e. The summed E-state index contributed by atoms with van der Waals surface area (Å²) in [5, 5.41) is 8.19. The molecule has 1 rings (SSSR count). The molecule has 0 heterocycles. The van der Waals surface area contributed by atoms with Gasteiger partial charge in [-0.1, -0.05) is 12.1 Å². The third-order valence-corrected chi connectivity index (χ3v) is 2.94. The van der Waals surface area contributed by atoms with Gasteiger partial charge in [0.05, 0.1) is 5.04 Å². The molecule has 1 nitrogen and oxygen atoms in total. The highest BCUT2D eigenvalue weighted by Crippen LogP contribution is 2.16. The van der Waals surface area contributed by atoms with Gasteiger partial charge < -0.3 is 0 Å². The zero-order valence-electron chi connectivity index (χ0n) is 7.13. The molecule has 1 aromatic rings. The summed E-state index contributed by atoms with van der Waals surface area (Å²) in [5.41, 5.74) is 1.00. The van der Waals surface area contributed by atoms with Gasteiger partial charge in [0.15, 0.2) is 0 Å². The zero-order chi connectivity index (χ0) is 8.97. The quantitative estimate of drug-likeness (QED) is 0.447. The van der Waals surface area contributed by atoms with Crippen LogP contribution in [0.1, 0.15) is 5.56 Å². The number of benzene rings is 1. The van der Waals surface area contributed by atoms with Gasteiger partial charge in [0.25, 0.3) is 0 Å². The third-order valence-electron chi connectivity index (χ3n) is 1.56. The van der Waals surface area contributed by atoms with Crippen LogP contribution in [-0.2, 0) is 0 Å². The molecule has 0 aliphatic carbocycles. The molecule has 0 bridgehead atoms. The van der Waals surface area contributed by atoms with Crippen LogP contribution in [0, 0.1) is 5.41 Å². The van der Waals surface area contributed by atoms with Crippen molar-refractivity contribution in [2.24, 2.45) is 0 Å². The van der Waals surface area contributed by atoms with Crippen LogP contribution in [0.25, 0.3) is 0 Å². The van der Waals surface area contributed by atoms with Crippen molar-refractivity contribution < 1.29 is 0 Å². The van der Waals surface area contributed by atoms with E-state index in [9.17, 15) is 0 Å². The zero-order valence-corrected chi connectivity index (χ0v) is 8.76. The Balaban J connectivity index is 2.84. The Kier molecular flexibility index (Phi) is 3.69. The van der Waals surface area contributed by atoms with Crippen LogP contribution in [0.5, 0.6) is 0 Å². The molecule has 12 heavy (non-hydrogen) atoms. The van der Waals surface area contributed by atoms with E-state index in [-0.39, 0.29) is 0 Å². The van der Waals surface area contributed by atoms with Crippen LogP contribution in [0.4, 0.5) is 0 Å². The maximum Gasteiger partial charge on any atom is 0.0939 e. The SMILES string of the molecule is CSC(=N)c1ccc(SC)cc1. The van der Waals surface area contributed by atoms with Crippen molar-refractivity contribution in [2.75, 3.05) is 12.5 Å². The molecule has 64 valence electrons. The summed E-state index contributed by atoms with van der Waals surface area (Å²) in [5.74, 6) is 0. The van der Waals surface area contributed by atoms with E-state index >= 15 is 0 Å². The Morgan fingerprint density at radius 2 is 1.75 bits per heavy atom. The second-order valence-corrected chi connectivity index (χ2v) is 3.96. The molecule has 0 aliphatic heterocycles. The van der Waals surface area contributed by atoms with Crippen LogP contribution >= 0.6 is 23.5 Å². The second kappa shape index (κ2) is 4.58. The van der Waals surface area contributed by atoms with Gasteiger partial charge in [0.2, 0.25) is 0 Å². The summed E-state index contributed by atoms with van der Waals surface area (Å²) >= 11 is 3.19. The number of hydrogen-bond acceptors (Lipinski definition) is 3. The Labute approximate surface area is 81.5 Å². The van der Waals surface area contributed by atoms with Crippen LogP contribution in [-0.4, -0.2) is 17.6 Å². The molecule has 0 spiro atoms. The van der Waals surface area contributed by atoms with Crippen LogP contribution < -0.4 is 0 Å². The summed E-state index contributed by atoms with van der Waals surface area (Å²) in [6, 6.07) is 8.07. The highest BCUT2D eigenvalue weighted by atomic mass is 32.2. The average Bonchev–Trinajstić information content (AvgIpc) is 2.17. The molecular formula is C9H11NS2. The predicted octanol–water partition coefficient (Wildman–Crippen LogP) is 3.10. The van der Waals surface area contributed by atoms with Gasteiger partial charge in [-0.2, -0.15) is 0 Å². The van der Waals surface area contributed by atoms with Crippen molar-refractivity contribution in [2.45, 2.75) is 4.90 Å². The fourth-order valence-electron chi connectivity index (χ4n) is 0.860. The Bertz CT molecular complexity index is 266. The van der Waals surface area contributed by atoms with Crippen molar-refractivity contribution in [1.82, 2.24) is 0 Å². The van der Waals surface area contributed by atoms with E-state index in [0.717, 1.165) is 5.56 Å². The van der Waals surface area contributed by atoms with Crippen molar-refractivity contribution in [3.63, 3.8) is 0 Å². The van der Waals surface area contributed by atoms with E-state index in [0.29, 0.717) is 5.04 Å². The van der Waals surface area contributed by atoms with Crippen LogP contribution in [0.3, 0.4) is 0 Å². The lowest BCUT2D eigenvalue weighted by Gasteiger charge is -2.00. The van der Waals surface area contributed by atoms with E-state index in [1.54, 1.807) is 11.8 Å². The number of thioether (sulfide) groups is 2. The van der Waals surface area contributed by atoms with Crippen molar-refractivity contribution in [3.8, 4) is 0 Å². The molecule has 0 amide bonds. The molecule has 1 aromatic carbocycles. The molecule has 0 atom stereocenters. The minimum Gasteiger partial charge on any atom is -0.293 e. The highest BCUT2D eigenvalue weighted by molar-refractivity contribution is 8.13. The molecule has 0 unspecified atom stereocenters. The summed E-state index contributed by atoms with van der Waals surface area (Å²) in [6.45, 7) is 0. The van der Waals surface area contributed by atoms with Crippen molar-refractivity contribution >= 4 is 28.6 Å². The van der Waals surface area contributed by atoms with E-state index in [4.69, 9.17) is 5.41 Å². The molecular weight excluding hydrogens is 186 g/mol. The fourth-order valence-corrected chi connectivity index (χ4v) is 1.64. The highest BCUT2D eigenvalue weighted by Gasteiger charge is 1.97. The molecule has 0 radical (unpaired) electrons. The number of hydrogen-bond donors (Lipinski definition) is 1. The predicted molar refractivity (Wildman–Crippen MR) is 58.6 cm³/mol. The smallest absolute Gasteiger partial charge is 0.0939 e.